The number of esters is 1. The number of aromatic nitrogens is 1. The lowest BCUT2D eigenvalue weighted by Gasteiger charge is -2.07. The van der Waals surface area contributed by atoms with E-state index in [4.69, 9.17) is 14.2 Å². The molecule has 0 aliphatic carbocycles. The number of benzene rings is 2. The number of fused-ring (bicyclic) bond motifs is 1. The van der Waals surface area contributed by atoms with Crippen LogP contribution in [0.3, 0.4) is 0 Å². The molecule has 0 bridgehead atoms. The van der Waals surface area contributed by atoms with Crippen molar-refractivity contribution in [3.63, 3.8) is 0 Å². The number of carbonyl (C=O) groups excluding carboxylic acids is 2. The minimum atomic E-state index is -0.406. The van der Waals surface area contributed by atoms with Gasteiger partial charge in [0.2, 0.25) is 0 Å². The van der Waals surface area contributed by atoms with Crippen molar-refractivity contribution in [2.24, 2.45) is 4.99 Å². The van der Waals surface area contributed by atoms with Crippen molar-refractivity contribution in [2.75, 3.05) is 26.9 Å². The summed E-state index contributed by atoms with van der Waals surface area (Å²) >= 11 is 1.35. The maximum atomic E-state index is 13.0. The smallest absolute Gasteiger partial charge is 0.337 e. The second-order valence-electron chi connectivity index (χ2n) is 7.41. The quantitative estimate of drug-likeness (QED) is 0.296. The molecule has 0 aliphatic heterocycles. The number of hydrogen-bond donors (Lipinski definition) is 0. The summed E-state index contributed by atoms with van der Waals surface area (Å²) in [4.78, 5) is 29.9. The van der Waals surface area contributed by atoms with E-state index in [9.17, 15) is 9.59 Å². The molecule has 0 radical (unpaired) electrons. The van der Waals surface area contributed by atoms with Crippen molar-refractivity contribution in [1.29, 1.82) is 0 Å². The van der Waals surface area contributed by atoms with Crippen molar-refractivity contribution in [3.8, 4) is 5.75 Å². The summed E-state index contributed by atoms with van der Waals surface area (Å²) in [6.45, 7) is 6.34. The normalized spacial score (nSPS) is 11.7. The van der Waals surface area contributed by atoms with Crippen LogP contribution in [-0.4, -0.2) is 43.4 Å². The Bertz CT molecular complexity index is 1170. The lowest BCUT2D eigenvalue weighted by molar-refractivity contribution is 0.0600. The van der Waals surface area contributed by atoms with Gasteiger partial charge in [-0.05, 0) is 49.7 Å². The highest BCUT2D eigenvalue weighted by Crippen LogP contribution is 2.21. The van der Waals surface area contributed by atoms with Crippen LogP contribution in [-0.2, 0) is 16.0 Å². The standard InChI is InChI=1S/C25H30N2O5S/c1-4-6-7-14-32-20-10-8-9-18(16-20)23(28)26-25-27(13-15-31-5-2)21-12-11-19(24(29)30-3)17-22(21)33-25/h8-12,16-17H,4-7,13-15H2,1-3H3. The molecule has 0 N–H and O–H groups in total. The van der Waals surface area contributed by atoms with E-state index in [0.29, 0.717) is 48.0 Å². The van der Waals surface area contributed by atoms with Crippen LogP contribution in [0.2, 0.25) is 0 Å². The van der Waals surface area contributed by atoms with Crippen molar-refractivity contribution < 1.29 is 23.8 Å². The molecule has 0 fully saturated rings. The fraction of sp³-hybridized carbons (Fsp3) is 0.400. The highest BCUT2D eigenvalue weighted by molar-refractivity contribution is 7.16. The molecule has 0 atom stereocenters. The van der Waals surface area contributed by atoms with E-state index in [1.807, 2.05) is 23.6 Å². The van der Waals surface area contributed by atoms with E-state index in [1.54, 1.807) is 30.3 Å². The third-order valence-corrected chi connectivity index (χ3v) is 6.10. The summed E-state index contributed by atoms with van der Waals surface area (Å²) in [6, 6.07) is 12.4. The van der Waals surface area contributed by atoms with Crippen LogP contribution in [0.15, 0.2) is 47.5 Å². The number of nitrogens with zero attached hydrogens (tertiary/aromatic N) is 2. The molecule has 3 rings (SSSR count). The van der Waals surface area contributed by atoms with Gasteiger partial charge in [-0.2, -0.15) is 4.99 Å². The summed E-state index contributed by atoms with van der Waals surface area (Å²) in [5.74, 6) is -0.0918. The number of rotatable bonds is 11. The van der Waals surface area contributed by atoms with Crippen LogP contribution >= 0.6 is 11.3 Å². The van der Waals surface area contributed by atoms with Crippen molar-refractivity contribution in [3.05, 3.63) is 58.4 Å². The molecule has 8 heteroatoms. The molecular weight excluding hydrogens is 440 g/mol. The third kappa shape index (κ3) is 6.52. The number of hydrogen-bond acceptors (Lipinski definition) is 6. The molecule has 3 aromatic rings. The lowest BCUT2D eigenvalue weighted by Crippen LogP contribution is -2.19. The van der Waals surface area contributed by atoms with E-state index >= 15 is 0 Å². The highest BCUT2D eigenvalue weighted by atomic mass is 32.1. The Labute approximate surface area is 197 Å². The monoisotopic (exact) mass is 470 g/mol. The molecule has 33 heavy (non-hydrogen) atoms. The summed E-state index contributed by atoms with van der Waals surface area (Å²) in [5.41, 5.74) is 1.80. The second-order valence-corrected chi connectivity index (χ2v) is 8.42. The first-order valence-electron chi connectivity index (χ1n) is 11.2. The first-order valence-corrected chi connectivity index (χ1v) is 12.0. The molecule has 0 saturated carbocycles. The van der Waals surface area contributed by atoms with Crippen LogP contribution in [0.25, 0.3) is 10.2 Å². The molecule has 176 valence electrons. The Morgan fingerprint density at radius 2 is 1.88 bits per heavy atom. The summed E-state index contributed by atoms with van der Waals surface area (Å²) in [7, 11) is 1.35. The predicted octanol–water partition coefficient (Wildman–Crippen LogP) is 4.84. The molecule has 0 aliphatic rings. The van der Waals surface area contributed by atoms with Gasteiger partial charge in [0.25, 0.3) is 5.91 Å². The van der Waals surface area contributed by atoms with Gasteiger partial charge in [-0.15, -0.1) is 0 Å². The van der Waals surface area contributed by atoms with E-state index in [-0.39, 0.29) is 5.91 Å². The molecule has 2 aromatic carbocycles. The third-order valence-electron chi connectivity index (χ3n) is 5.06. The largest absolute Gasteiger partial charge is 0.494 e. The Morgan fingerprint density at radius 3 is 2.64 bits per heavy atom. The van der Waals surface area contributed by atoms with Crippen LogP contribution in [0.4, 0.5) is 0 Å². The SMILES string of the molecule is CCCCCOc1cccc(C(=O)N=c2sc3cc(C(=O)OC)ccc3n2CCOCC)c1. The topological polar surface area (TPSA) is 79.1 Å². The summed E-state index contributed by atoms with van der Waals surface area (Å²) < 4.78 is 18.9. The number of amides is 1. The lowest BCUT2D eigenvalue weighted by atomic mass is 10.2. The van der Waals surface area contributed by atoms with Gasteiger partial charge in [-0.3, -0.25) is 4.79 Å². The Balaban J connectivity index is 1.93. The Kier molecular flexibility index (Phi) is 9.21. The minimum Gasteiger partial charge on any atom is -0.494 e. The van der Waals surface area contributed by atoms with Gasteiger partial charge >= 0.3 is 5.97 Å². The first kappa shape index (κ1) is 24.7. The van der Waals surface area contributed by atoms with E-state index in [2.05, 4.69) is 11.9 Å². The molecule has 0 saturated heterocycles. The van der Waals surface area contributed by atoms with Crippen molar-refractivity contribution >= 4 is 33.4 Å². The zero-order chi connectivity index (χ0) is 23.6. The molecule has 1 heterocycles. The van der Waals surface area contributed by atoms with Crippen LogP contribution in [0.1, 0.15) is 53.8 Å². The second kappa shape index (κ2) is 12.3. The molecule has 1 aromatic heterocycles. The minimum absolute atomic E-state index is 0.348. The van der Waals surface area contributed by atoms with Crippen LogP contribution in [0, 0.1) is 0 Å². The van der Waals surface area contributed by atoms with E-state index in [1.165, 1.54) is 18.4 Å². The zero-order valence-electron chi connectivity index (χ0n) is 19.3. The first-order chi connectivity index (χ1) is 16.1. The maximum absolute atomic E-state index is 13.0. The van der Waals surface area contributed by atoms with Gasteiger partial charge < -0.3 is 18.8 Å². The zero-order valence-corrected chi connectivity index (χ0v) is 20.2. The fourth-order valence-electron chi connectivity index (χ4n) is 3.33. The number of ether oxygens (including phenoxy) is 3. The van der Waals surface area contributed by atoms with Crippen molar-refractivity contribution in [2.45, 2.75) is 39.7 Å². The van der Waals surface area contributed by atoms with E-state index < -0.39 is 5.97 Å². The number of carbonyl (C=O) groups is 2. The van der Waals surface area contributed by atoms with Gasteiger partial charge in [0.05, 0.1) is 36.1 Å². The molecule has 7 nitrogen and oxygen atoms in total. The van der Waals surface area contributed by atoms with Crippen molar-refractivity contribution in [1.82, 2.24) is 4.57 Å². The van der Waals surface area contributed by atoms with Gasteiger partial charge in [0.1, 0.15) is 5.75 Å². The molecule has 0 spiro atoms. The molecular formula is C25H30N2O5S. The predicted molar refractivity (Wildman–Crippen MR) is 129 cm³/mol. The van der Waals surface area contributed by atoms with E-state index in [0.717, 1.165) is 29.5 Å². The Hall–Kier alpha value is -2.97. The average Bonchev–Trinajstić information content (AvgIpc) is 3.17. The number of unbranched alkanes of at least 4 members (excludes halogenated alkanes) is 2. The summed E-state index contributed by atoms with van der Waals surface area (Å²) in [5, 5.41) is 0. The maximum Gasteiger partial charge on any atom is 0.337 e. The number of methoxy groups -OCH3 is 1. The highest BCUT2D eigenvalue weighted by Gasteiger charge is 2.13. The van der Waals surface area contributed by atoms with Crippen LogP contribution < -0.4 is 9.54 Å². The van der Waals surface area contributed by atoms with Gasteiger partial charge in [0.15, 0.2) is 4.80 Å². The molecule has 1 amide bonds. The number of thiazole rings is 1. The van der Waals surface area contributed by atoms with Gasteiger partial charge in [0, 0.05) is 18.7 Å². The fourth-order valence-corrected chi connectivity index (χ4v) is 4.43. The van der Waals surface area contributed by atoms with Gasteiger partial charge in [-0.1, -0.05) is 37.2 Å². The van der Waals surface area contributed by atoms with Gasteiger partial charge in [-0.25, -0.2) is 4.79 Å². The summed E-state index contributed by atoms with van der Waals surface area (Å²) in [6.07, 6.45) is 3.22. The molecule has 0 unspecified atom stereocenters. The Morgan fingerprint density at radius 1 is 1.03 bits per heavy atom. The average molecular weight is 471 g/mol. The van der Waals surface area contributed by atoms with Crippen LogP contribution in [0.5, 0.6) is 5.75 Å².